The Morgan fingerprint density at radius 3 is 3.09 bits per heavy atom. The fraction of sp³-hybridized carbons (Fsp3) is 0.333. The molecule has 0 bridgehead atoms. The van der Waals surface area contributed by atoms with Crippen LogP contribution in [0, 0.1) is 0 Å². The highest BCUT2D eigenvalue weighted by molar-refractivity contribution is 9.10. The minimum absolute atomic E-state index is 1.16. The zero-order valence-electron chi connectivity index (χ0n) is 6.31. The van der Waals surface area contributed by atoms with Crippen LogP contribution >= 0.6 is 15.9 Å². The van der Waals surface area contributed by atoms with E-state index in [2.05, 4.69) is 39.4 Å². The van der Waals surface area contributed by atoms with Crippen LogP contribution in [0.1, 0.15) is 11.1 Å². The molecular formula is C9H11BrN+. The second-order valence-corrected chi connectivity index (χ2v) is 3.86. The summed E-state index contributed by atoms with van der Waals surface area (Å²) in [4.78, 5) is 0. The first kappa shape index (κ1) is 7.32. The van der Waals surface area contributed by atoms with Gasteiger partial charge in [-0.3, -0.25) is 0 Å². The predicted molar refractivity (Wildman–Crippen MR) is 48.3 cm³/mol. The summed E-state index contributed by atoms with van der Waals surface area (Å²) < 4.78 is 1.21. The van der Waals surface area contributed by atoms with Crippen molar-refractivity contribution in [3.8, 4) is 0 Å². The molecule has 0 amide bonds. The van der Waals surface area contributed by atoms with Crippen LogP contribution in [0.15, 0.2) is 22.7 Å². The summed E-state index contributed by atoms with van der Waals surface area (Å²) in [6.45, 7) is 2.39. The monoisotopic (exact) mass is 212 g/mol. The predicted octanol–water partition coefficient (Wildman–Crippen LogP) is 1.07. The Bertz CT molecular complexity index is 270. The second kappa shape index (κ2) is 2.95. The molecule has 2 N–H and O–H groups in total. The van der Waals surface area contributed by atoms with Crippen LogP contribution in [0.4, 0.5) is 0 Å². The topological polar surface area (TPSA) is 16.6 Å². The molecule has 2 heteroatoms. The Labute approximate surface area is 74.9 Å². The molecule has 0 aromatic heterocycles. The third-order valence-corrected chi connectivity index (χ3v) is 2.64. The van der Waals surface area contributed by atoms with E-state index in [1.807, 2.05) is 0 Å². The molecule has 1 aromatic rings. The summed E-state index contributed by atoms with van der Waals surface area (Å²) in [7, 11) is 0. The number of hydrogen-bond acceptors (Lipinski definition) is 0. The Hall–Kier alpha value is -0.340. The quantitative estimate of drug-likeness (QED) is 0.663. The maximum Gasteiger partial charge on any atom is 0.102 e. The van der Waals surface area contributed by atoms with Crippen molar-refractivity contribution in [3.63, 3.8) is 0 Å². The molecule has 0 aliphatic carbocycles. The lowest BCUT2D eigenvalue weighted by Gasteiger charge is -2.13. The van der Waals surface area contributed by atoms with Gasteiger partial charge < -0.3 is 5.32 Å². The molecule has 0 radical (unpaired) electrons. The summed E-state index contributed by atoms with van der Waals surface area (Å²) in [5.74, 6) is 0. The lowest BCUT2D eigenvalue weighted by molar-refractivity contribution is -0.673. The summed E-state index contributed by atoms with van der Waals surface area (Å²) in [5.41, 5.74) is 3.02. The molecule has 0 fully saturated rings. The number of nitrogens with two attached hydrogens (primary N) is 1. The van der Waals surface area contributed by atoms with Crippen molar-refractivity contribution in [2.24, 2.45) is 0 Å². The standard InChI is InChI=1S/C9H10BrN/c10-9-2-1-8-6-11-4-3-7(8)5-9/h1-2,5,11H,3-4,6H2/p+1. The molecule has 58 valence electrons. The van der Waals surface area contributed by atoms with Crippen molar-refractivity contribution < 1.29 is 5.32 Å². The summed E-state index contributed by atoms with van der Waals surface area (Å²) in [6.07, 6.45) is 1.22. The Kier molecular flexibility index (Phi) is 1.96. The third-order valence-electron chi connectivity index (χ3n) is 2.15. The summed E-state index contributed by atoms with van der Waals surface area (Å²) in [6, 6.07) is 6.58. The van der Waals surface area contributed by atoms with Crippen molar-refractivity contribution in [2.75, 3.05) is 6.54 Å². The molecule has 1 aliphatic heterocycles. The zero-order chi connectivity index (χ0) is 7.68. The van der Waals surface area contributed by atoms with Crippen LogP contribution in [-0.2, 0) is 13.0 Å². The molecule has 2 rings (SSSR count). The van der Waals surface area contributed by atoms with Gasteiger partial charge in [-0.1, -0.05) is 22.0 Å². The molecule has 0 saturated carbocycles. The van der Waals surface area contributed by atoms with E-state index in [-0.39, 0.29) is 0 Å². The number of benzene rings is 1. The van der Waals surface area contributed by atoms with Gasteiger partial charge in [-0.05, 0) is 17.7 Å². The Morgan fingerprint density at radius 2 is 2.18 bits per heavy atom. The van der Waals surface area contributed by atoms with Gasteiger partial charge >= 0.3 is 0 Å². The van der Waals surface area contributed by atoms with Crippen molar-refractivity contribution in [1.29, 1.82) is 0 Å². The number of rotatable bonds is 0. The van der Waals surface area contributed by atoms with Gasteiger partial charge in [0.15, 0.2) is 0 Å². The van der Waals surface area contributed by atoms with E-state index in [9.17, 15) is 0 Å². The summed E-state index contributed by atoms with van der Waals surface area (Å²) >= 11 is 3.48. The zero-order valence-corrected chi connectivity index (χ0v) is 7.89. The lowest BCUT2D eigenvalue weighted by Crippen LogP contribution is -2.84. The largest absolute Gasteiger partial charge is 0.342 e. The van der Waals surface area contributed by atoms with E-state index in [4.69, 9.17) is 0 Å². The third kappa shape index (κ3) is 1.47. The number of halogens is 1. The van der Waals surface area contributed by atoms with Crippen LogP contribution in [0.5, 0.6) is 0 Å². The van der Waals surface area contributed by atoms with Crippen LogP contribution in [0.2, 0.25) is 0 Å². The Morgan fingerprint density at radius 1 is 1.27 bits per heavy atom. The van der Waals surface area contributed by atoms with E-state index >= 15 is 0 Å². The van der Waals surface area contributed by atoms with Crippen molar-refractivity contribution in [1.82, 2.24) is 0 Å². The minimum atomic E-state index is 1.16. The summed E-state index contributed by atoms with van der Waals surface area (Å²) in [5, 5.41) is 2.36. The maximum atomic E-state index is 3.48. The van der Waals surface area contributed by atoms with E-state index < -0.39 is 0 Å². The van der Waals surface area contributed by atoms with E-state index in [0.29, 0.717) is 0 Å². The fourth-order valence-electron chi connectivity index (χ4n) is 1.54. The molecule has 0 saturated heterocycles. The van der Waals surface area contributed by atoms with Crippen LogP contribution in [0.25, 0.3) is 0 Å². The molecular weight excluding hydrogens is 202 g/mol. The highest BCUT2D eigenvalue weighted by atomic mass is 79.9. The van der Waals surface area contributed by atoms with E-state index in [1.165, 1.54) is 28.6 Å². The second-order valence-electron chi connectivity index (χ2n) is 2.94. The van der Waals surface area contributed by atoms with Gasteiger partial charge in [0.2, 0.25) is 0 Å². The number of fused-ring (bicyclic) bond motifs is 1. The SMILES string of the molecule is Brc1ccc2c(c1)CC[NH2+]C2. The molecule has 0 atom stereocenters. The molecule has 11 heavy (non-hydrogen) atoms. The lowest BCUT2D eigenvalue weighted by atomic mass is 10.0. The van der Waals surface area contributed by atoms with Crippen LogP contribution < -0.4 is 5.32 Å². The number of quaternary nitrogens is 1. The highest BCUT2D eigenvalue weighted by Gasteiger charge is 2.10. The first-order valence-corrected chi connectivity index (χ1v) is 4.74. The molecule has 0 unspecified atom stereocenters. The first-order valence-electron chi connectivity index (χ1n) is 3.95. The fourth-order valence-corrected chi connectivity index (χ4v) is 1.95. The van der Waals surface area contributed by atoms with Gasteiger partial charge in [-0.15, -0.1) is 0 Å². The molecule has 1 aliphatic rings. The minimum Gasteiger partial charge on any atom is -0.342 e. The van der Waals surface area contributed by atoms with E-state index in [1.54, 1.807) is 0 Å². The van der Waals surface area contributed by atoms with E-state index in [0.717, 1.165) is 6.54 Å². The molecule has 1 nitrogen and oxygen atoms in total. The Balaban J connectivity index is 2.43. The average Bonchev–Trinajstić information content (AvgIpc) is 2.04. The van der Waals surface area contributed by atoms with Gasteiger partial charge in [-0.2, -0.15) is 0 Å². The van der Waals surface area contributed by atoms with Gasteiger partial charge in [0.1, 0.15) is 6.54 Å². The average molecular weight is 213 g/mol. The van der Waals surface area contributed by atoms with Crippen molar-refractivity contribution in [2.45, 2.75) is 13.0 Å². The molecule has 1 heterocycles. The van der Waals surface area contributed by atoms with Gasteiger partial charge in [0.25, 0.3) is 0 Å². The first-order chi connectivity index (χ1) is 5.36. The number of hydrogen-bond donors (Lipinski definition) is 1. The van der Waals surface area contributed by atoms with Gasteiger partial charge in [-0.25, -0.2) is 0 Å². The van der Waals surface area contributed by atoms with Gasteiger partial charge in [0.05, 0.1) is 6.54 Å². The van der Waals surface area contributed by atoms with Crippen LogP contribution in [-0.4, -0.2) is 6.54 Å². The van der Waals surface area contributed by atoms with Crippen molar-refractivity contribution >= 4 is 15.9 Å². The van der Waals surface area contributed by atoms with Gasteiger partial charge in [0, 0.05) is 16.5 Å². The maximum absolute atomic E-state index is 3.48. The smallest absolute Gasteiger partial charge is 0.102 e. The molecule has 0 spiro atoms. The molecule has 1 aromatic carbocycles. The van der Waals surface area contributed by atoms with Crippen molar-refractivity contribution in [3.05, 3.63) is 33.8 Å². The van der Waals surface area contributed by atoms with Crippen LogP contribution in [0.3, 0.4) is 0 Å². The highest BCUT2D eigenvalue weighted by Crippen LogP contribution is 2.17. The normalized spacial score (nSPS) is 16.1.